The molecule has 0 aliphatic heterocycles. The number of thiophene rings is 1. The molecule has 1 aromatic heterocycles. The lowest BCUT2D eigenvalue weighted by Gasteiger charge is -2.38. The monoisotopic (exact) mass is 234 g/mol. The van der Waals surface area contributed by atoms with E-state index in [0.717, 1.165) is 36.1 Å². The van der Waals surface area contributed by atoms with Gasteiger partial charge in [0.1, 0.15) is 5.78 Å². The van der Waals surface area contributed by atoms with E-state index >= 15 is 0 Å². The van der Waals surface area contributed by atoms with Crippen LogP contribution in [0.1, 0.15) is 53.8 Å². The Morgan fingerprint density at radius 1 is 1.12 bits per heavy atom. The fourth-order valence-corrected chi connectivity index (χ4v) is 4.26. The van der Waals surface area contributed by atoms with Crippen LogP contribution in [0.2, 0.25) is 0 Å². The molecule has 3 heteroatoms. The summed E-state index contributed by atoms with van der Waals surface area (Å²) >= 11 is 1.60. The highest BCUT2D eigenvalue weighted by molar-refractivity contribution is 7.10. The molecule has 2 nitrogen and oxygen atoms in total. The van der Waals surface area contributed by atoms with Crippen LogP contribution >= 0.6 is 11.3 Å². The highest BCUT2D eigenvalue weighted by Crippen LogP contribution is 2.47. The van der Waals surface area contributed by atoms with E-state index in [1.807, 2.05) is 11.4 Å². The first kappa shape index (κ1) is 10.2. The average Bonchev–Trinajstić information content (AvgIpc) is 2.77. The smallest absolute Gasteiger partial charge is 0.164 e. The first-order chi connectivity index (χ1) is 7.74. The summed E-state index contributed by atoms with van der Waals surface area (Å²) in [6, 6.07) is 1.89. The lowest BCUT2D eigenvalue weighted by atomic mass is 9.65. The Kier molecular flexibility index (Phi) is 2.25. The molecule has 1 fully saturated rings. The lowest BCUT2D eigenvalue weighted by Crippen LogP contribution is -2.41. The fraction of sp³-hybridized carbons (Fsp3) is 0.538. The minimum atomic E-state index is -0.282. The second kappa shape index (κ2) is 3.52. The van der Waals surface area contributed by atoms with Crippen molar-refractivity contribution in [3.8, 4) is 0 Å². The number of ketones is 2. The predicted octanol–water partition coefficient (Wildman–Crippen LogP) is 3.11. The highest BCUT2D eigenvalue weighted by atomic mass is 32.1. The maximum Gasteiger partial charge on any atom is 0.164 e. The van der Waals surface area contributed by atoms with Crippen LogP contribution in [0.15, 0.2) is 11.4 Å². The molecule has 0 bridgehead atoms. The molecule has 16 heavy (non-hydrogen) atoms. The Morgan fingerprint density at radius 3 is 2.81 bits per heavy atom. The minimum Gasteiger partial charge on any atom is -0.299 e. The first-order valence-electron chi connectivity index (χ1n) is 5.88. The third kappa shape index (κ3) is 1.24. The molecule has 0 amide bonds. The Labute approximate surface area is 98.7 Å². The fourth-order valence-electron chi connectivity index (χ4n) is 3.07. The molecular weight excluding hydrogens is 220 g/mol. The van der Waals surface area contributed by atoms with Crippen molar-refractivity contribution in [2.45, 2.75) is 43.9 Å². The van der Waals surface area contributed by atoms with Gasteiger partial charge in [0.05, 0.1) is 5.41 Å². The number of hydrogen-bond donors (Lipinski definition) is 0. The average molecular weight is 234 g/mol. The number of carbonyl (C=O) groups excluding carboxylic acids is 2. The van der Waals surface area contributed by atoms with Gasteiger partial charge in [-0.1, -0.05) is 6.42 Å². The van der Waals surface area contributed by atoms with Crippen LogP contribution in [0, 0.1) is 0 Å². The summed E-state index contributed by atoms with van der Waals surface area (Å²) in [7, 11) is 0. The number of rotatable bonds is 0. The molecule has 1 saturated carbocycles. The van der Waals surface area contributed by atoms with Crippen molar-refractivity contribution >= 4 is 22.9 Å². The van der Waals surface area contributed by atoms with Gasteiger partial charge in [0.2, 0.25) is 0 Å². The second-order valence-corrected chi connectivity index (χ2v) is 5.72. The van der Waals surface area contributed by atoms with Gasteiger partial charge in [-0.05, 0) is 30.7 Å². The summed E-state index contributed by atoms with van der Waals surface area (Å²) in [6.07, 6.45) is 5.10. The normalized spacial score (nSPS) is 29.5. The second-order valence-electron chi connectivity index (χ2n) is 4.80. The summed E-state index contributed by atoms with van der Waals surface area (Å²) < 4.78 is 0. The Balaban J connectivity index is 2.13. The molecule has 1 spiro atoms. The molecule has 2 aliphatic carbocycles. The molecular formula is C13H14O2S. The summed E-state index contributed by atoms with van der Waals surface area (Å²) in [5.41, 5.74) is 0.543. The van der Waals surface area contributed by atoms with Crippen molar-refractivity contribution in [3.63, 3.8) is 0 Å². The summed E-state index contributed by atoms with van der Waals surface area (Å²) in [5.74, 6) is 0.593. The Hall–Kier alpha value is -0.960. The van der Waals surface area contributed by atoms with Gasteiger partial charge in [-0.2, -0.15) is 0 Å². The molecule has 1 unspecified atom stereocenters. The maximum absolute atomic E-state index is 12.2. The van der Waals surface area contributed by atoms with Gasteiger partial charge in [-0.3, -0.25) is 9.59 Å². The van der Waals surface area contributed by atoms with E-state index in [9.17, 15) is 9.59 Å². The SMILES string of the molecule is O=C1CCC2(CCCCC2=O)c2sccc21. The zero-order valence-corrected chi connectivity index (χ0v) is 9.94. The minimum absolute atomic E-state index is 0.222. The molecule has 1 heterocycles. The zero-order valence-electron chi connectivity index (χ0n) is 9.12. The van der Waals surface area contributed by atoms with Crippen LogP contribution in [-0.4, -0.2) is 11.6 Å². The largest absolute Gasteiger partial charge is 0.299 e. The molecule has 0 saturated heterocycles. The van der Waals surface area contributed by atoms with Gasteiger partial charge >= 0.3 is 0 Å². The predicted molar refractivity (Wildman–Crippen MR) is 63.0 cm³/mol. The quantitative estimate of drug-likeness (QED) is 0.691. The third-order valence-corrected chi connectivity index (χ3v) is 5.09. The number of hydrogen-bond acceptors (Lipinski definition) is 3. The summed E-state index contributed by atoms with van der Waals surface area (Å²) in [6.45, 7) is 0. The van der Waals surface area contributed by atoms with Gasteiger partial charge in [0, 0.05) is 23.3 Å². The van der Waals surface area contributed by atoms with Crippen LogP contribution in [0.5, 0.6) is 0 Å². The van der Waals surface area contributed by atoms with Gasteiger partial charge in [0.15, 0.2) is 5.78 Å². The van der Waals surface area contributed by atoms with Crippen LogP contribution in [0.4, 0.5) is 0 Å². The van der Waals surface area contributed by atoms with E-state index in [1.54, 1.807) is 11.3 Å². The van der Waals surface area contributed by atoms with Gasteiger partial charge in [-0.15, -0.1) is 11.3 Å². The highest BCUT2D eigenvalue weighted by Gasteiger charge is 2.46. The van der Waals surface area contributed by atoms with E-state index < -0.39 is 0 Å². The topological polar surface area (TPSA) is 34.1 Å². The van der Waals surface area contributed by atoms with Crippen LogP contribution < -0.4 is 0 Å². The molecule has 84 valence electrons. The lowest BCUT2D eigenvalue weighted by molar-refractivity contribution is -0.126. The van der Waals surface area contributed by atoms with Crippen molar-refractivity contribution in [1.82, 2.24) is 0 Å². The van der Waals surface area contributed by atoms with Gasteiger partial charge in [0.25, 0.3) is 0 Å². The summed E-state index contributed by atoms with van der Waals surface area (Å²) in [5, 5.41) is 1.96. The Bertz CT molecular complexity index is 460. The molecule has 1 atom stereocenters. The molecule has 0 radical (unpaired) electrons. The molecule has 1 aromatic rings. The third-order valence-electron chi connectivity index (χ3n) is 3.97. The van der Waals surface area contributed by atoms with E-state index in [-0.39, 0.29) is 11.2 Å². The number of carbonyl (C=O) groups is 2. The standard InChI is InChI=1S/C13H14O2S/c14-10-4-7-13(6-2-1-3-11(13)15)12-9(10)5-8-16-12/h5,8H,1-4,6-7H2. The van der Waals surface area contributed by atoms with Crippen molar-refractivity contribution in [2.75, 3.05) is 0 Å². The maximum atomic E-state index is 12.2. The molecule has 2 aliphatic rings. The van der Waals surface area contributed by atoms with Crippen LogP contribution in [0.3, 0.4) is 0 Å². The number of Topliss-reactive ketones (excluding diaryl/α,β-unsaturated/α-hetero) is 2. The van der Waals surface area contributed by atoms with Crippen LogP contribution in [-0.2, 0) is 10.2 Å². The van der Waals surface area contributed by atoms with Crippen molar-refractivity contribution < 1.29 is 9.59 Å². The molecule has 0 N–H and O–H groups in total. The number of fused-ring (bicyclic) bond motifs is 2. The van der Waals surface area contributed by atoms with E-state index in [2.05, 4.69) is 0 Å². The van der Waals surface area contributed by atoms with Crippen molar-refractivity contribution in [1.29, 1.82) is 0 Å². The summed E-state index contributed by atoms with van der Waals surface area (Å²) in [4.78, 5) is 25.1. The van der Waals surface area contributed by atoms with E-state index in [4.69, 9.17) is 0 Å². The van der Waals surface area contributed by atoms with E-state index in [0.29, 0.717) is 18.6 Å². The van der Waals surface area contributed by atoms with Crippen molar-refractivity contribution in [3.05, 3.63) is 21.9 Å². The van der Waals surface area contributed by atoms with Gasteiger partial charge in [-0.25, -0.2) is 0 Å². The van der Waals surface area contributed by atoms with Crippen LogP contribution in [0.25, 0.3) is 0 Å². The van der Waals surface area contributed by atoms with Gasteiger partial charge < -0.3 is 0 Å². The molecule has 0 aromatic carbocycles. The molecule has 3 rings (SSSR count). The first-order valence-corrected chi connectivity index (χ1v) is 6.76. The zero-order chi connectivity index (χ0) is 11.2. The van der Waals surface area contributed by atoms with E-state index in [1.165, 1.54) is 0 Å². The Morgan fingerprint density at radius 2 is 2.00 bits per heavy atom. The van der Waals surface area contributed by atoms with Crippen molar-refractivity contribution in [2.24, 2.45) is 0 Å².